The van der Waals surface area contributed by atoms with Crippen molar-refractivity contribution in [2.45, 2.75) is 103 Å². The number of esters is 2. The zero-order valence-corrected chi connectivity index (χ0v) is 16.6. The van der Waals surface area contributed by atoms with Crippen molar-refractivity contribution in [1.29, 1.82) is 0 Å². The molecule has 0 aliphatic heterocycles. The number of ether oxygens (including phenoxy) is 2. The second-order valence-corrected chi connectivity index (χ2v) is 7.04. The number of carbonyl (C=O) groups excluding carboxylic acids is 2. The quantitative estimate of drug-likeness (QED) is 0.299. The Morgan fingerprint density at radius 3 is 1.38 bits per heavy atom. The molecule has 0 amide bonds. The van der Waals surface area contributed by atoms with Crippen molar-refractivity contribution in [2.24, 2.45) is 0 Å². The Labute approximate surface area is 158 Å². The fourth-order valence-electron chi connectivity index (χ4n) is 2.49. The van der Waals surface area contributed by atoms with Gasteiger partial charge in [0.15, 0.2) is 0 Å². The molecule has 0 rings (SSSR count). The number of hydrogen-bond acceptors (Lipinski definition) is 6. The molecule has 0 aromatic carbocycles. The molecule has 0 radical (unpaired) electrons. The summed E-state index contributed by atoms with van der Waals surface area (Å²) in [6, 6.07) is 0. The van der Waals surface area contributed by atoms with E-state index in [9.17, 15) is 9.59 Å². The summed E-state index contributed by atoms with van der Waals surface area (Å²) in [5.74, 6) is -0.431. The van der Waals surface area contributed by atoms with E-state index in [1.165, 1.54) is 0 Å². The van der Waals surface area contributed by atoms with E-state index < -0.39 is 0 Å². The third-order valence-corrected chi connectivity index (χ3v) is 4.07. The van der Waals surface area contributed by atoms with E-state index in [4.69, 9.17) is 19.7 Å². The van der Waals surface area contributed by atoms with Gasteiger partial charge in [-0.25, -0.2) is 0 Å². The van der Waals surface area contributed by atoms with Gasteiger partial charge in [-0.1, -0.05) is 12.8 Å². The highest BCUT2D eigenvalue weighted by molar-refractivity contribution is 5.70. The van der Waals surface area contributed by atoms with E-state index in [2.05, 4.69) is 0 Å². The largest absolute Gasteiger partial charge is 0.466 e. The minimum Gasteiger partial charge on any atom is -0.466 e. The van der Waals surface area contributed by atoms with Crippen molar-refractivity contribution >= 4 is 11.9 Å². The lowest BCUT2D eigenvalue weighted by Gasteiger charge is -2.07. The van der Waals surface area contributed by atoms with Gasteiger partial charge >= 0.3 is 11.9 Å². The van der Waals surface area contributed by atoms with Crippen LogP contribution in [0, 0.1) is 0 Å². The number of carbonyl (C=O) groups is 2. The van der Waals surface area contributed by atoms with Crippen LogP contribution < -0.4 is 0 Å². The van der Waals surface area contributed by atoms with Gasteiger partial charge in [0.05, 0.1) is 25.4 Å². The molecule has 0 spiro atoms. The summed E-state index contributed by atoms with van der Waals surface area (Å²) in [4.78, 5) is 23.1. The summed E-state index contributed by atoms with van der Waals surface area (Å²) in [6.45, 7) is 4.40. The molecule has 6 nitrogen and oxygen atoms in total. The molecular weight excluding hydrogens is 336 g/mol. The summed E-state index contributed by atoms with van der Waals surface area (Å²) in [5.41, 5.74) is 0. The van der Waals surface area contributed by atoms with Gasteiger partial charge in [-0.15, -0.1) is 0 Å². The molecule has 0 aromatic rings. The minimum atomic E-state index is -0.265. The van der Waals surface area contributed by atoms with Crippen LogP contribution in [-0.4, -0.2) is 47.6 Å². The van der Waals surface area contributed by atoms with Gasteiger partial charge in [0.25, 0.3) is 0 Å². The van der Waals surface area contributed by atoms with Crippen LogP contribution in [0.3, 0.4) is 0 Å². The Bertz CT molecular complexity index is 320. The highest BCUT2D eigenvalue weighted by Gasteiger charge is 2.06. The van der Waals surface area contributed by atoms with Crippen molar-refractivity contribution in [2.75, 3.05) is 13.2 Å². The lowest BCUT2D eigenvalue weighted by atomic mass is 10.1. The molecular formula is C20H38O6. The highest BCUT2D eigenvalue weighted by Crippen LogP contribution is 2.07. The van der Waals surface area contributed by atoms with Crippen LogP contribution in [0.25, 0.3) is 0 Å². The topological polar surface area (TPSA) is 93.1 Å². The van der Waals surface area contributed by atoms with Gasteiger partial charge in [0.1, 0.15) is 0 Å². The Morgan fingerprint density at radius 1 is 0.654 bits per heavy atom. The Morgan fingerprint density at radius 2 is 1.04 bits per heavy atom. The predicted octanol–water partition coefficient (Wildman–Crippen LogP) is 3.52. The van der Waals surface area contributed by atoms with Crippen LogP contribution in [0.1, 0.15) is 90.9 Å². The Hall–Kier alpha value is -1.14. The SMILES string of the molecule is CC(O)CCCCCOC(=O)CCCCC(=O)OCCCCCC(C)O. The zero-order valence-electron chi connectivity index (χ0n) is 16.6. The second kappa shape index (κ2) is 17.3. The first kappa shape index (κ1) is 24.9. The van der Waals surface area contributed by atoms with E-state index in [1.807, 2.05) is 0 Å². The number of aliphatic hydroxyl groups is 2. The van der Waals surface area contributed by atoms with E-state index in [1.54, 1.807) is 13.8 Å². The molecule has 0 saturated carbocycles. The Balaban J connectivity index is 3.36. The van der Waals surface area contributed by atoms with Crippen LogP contribution in [0.5, 0.6) is 0 Å². The summed E-state index contributed by atoms with van der Waals surface area (Å²) >= 11 is 0. The van der Waals surface area contributed by atoms with Crippen molar-refractivity contribution in [1.82, 2.24) is 0 Å². The average Bonchev–Trinajstić information content (AvgIpc) is 2.57. The third kappa shape index (κ3) is 19.2. The van der Waals surface area contributed by atoms with Gasteiger partial charge in [-0.3, -0.25) is 9.59 Å². The van der Waals surface area contributed by atoms with Crippen LogP contribution in [0.4, 0.5) is 0 Å². The van der Waals surface area contributed by atoms with Crippen molar-refractivity contribution < 1.29 is 29.3 Å². The lowest BCUT2D eigenvalue weighted by molar-refractivity contribution is -0.146. The summed E-state index contributed by atoms with van der Waals surface area (Å²) < 4.78 is 10.3. The molecule has 0 heterocycles. The van der Waals surface area contributed by atoms with Crippen LogP contribution in [-0.2, 0) is 19.1 Å². The predicted molar refractivity (Wildman–Crippen MR) is 101 cm³/mol. The maximum Gasteiger partial charge on any atom is 0.305 e. The summed E-state index contributed by atoms with van der Waals surface area (Å²) in [5, 5.41) is 18.3. The highest BCUT2D eigenvalue weighted by atomic mass is 16.5. The molecule has 2 unspecified atom stereocenters. The number of hydrogen-bond donors (Lipinski definition) is 2. The molecule has 26 heavy (non-hydrogen) atoms. The summed E-state index contributed by atoms with van der Waals surface area (Å²) in [7, 11) is 0. The van der Waals surface area contributed by atoms with Crippen LogP contribution in [0.2, 0.25) is 0 Å². The fourth-order valence-corrected chi connectivity index (χ4v) is 2.49. The van der Waals surface area contributed by atoms with Gasteiger partial charge < -0.3 is 19.7 Å². The molecule has 0 aliphatic rings. The molecule has 2 atom stereocenters. The van der Waals surface area contributed by atoms with Crippen molar-refractivity contribution in [3.05, 3.63) is 0 Å². The smallest absolute Gasteiger partial charge is 0.305 e. The molecule has 0 bridgehead atoms. The van der Waals surface area contributed by atoms with E-state index in [0.717, 1.165) is 51.4 Å². The van der Waals surface area contributed by atoms with E-state index in [0.29, 0.717) is 38.9 Å². The van der Waals surface area contributed by atoms with Gasteiger partial charge in [-0.05, 0) is 65.2 Å². The molecule has 6 heteroatoms. The monoisotopic (exact) mass is 374 g/mol. The number of aliphatic hydroxyl groups excluding tert-OH is 2. The minimum absolute atomic E-state index is 0.216. The number of rotatable bonds is 17. The standard InChI is InChI=1S/C20H38O6/c1-17(21)11-5-3-9-15-25-19(23)13-7-8-14-20(24)26-16-10-4-6-12-18(2)22/h17-18,21-22H,3-16H2,1-2H3. The fraction of sp³-hybridized carbons (Fsp3) is 0.900. The zero-order chi connectivity index (χ0) is 19.6. The van der Waals surface area contributed by atoms with Crippen molar-refractivity contribution in [3.63, 3.8) is 0 Å². The van der Waals surface area contributed by atoms with Gasteiger partial charge in [0.2, 0.25) is 0 Å². The van der Waals surface area contributed by atoms with Crippen LogP contribution in [0.15, 0.2) is 0 Å². The Kier molecular flexibility index (Phi) is 16.5. The van der Waals surface area contributed by atoms with Crippen LogP contribution >= 0.6 is 0 Å². The first-order valence-corrected chi connectivity index (χ1v) is 10.1. The molecule has 0 aromatic heterocycles. The third-order valence-electron chi connectivity index (χ3n) is 4.07. The first-order chi connectivity index (χ1) is 12.4. The maximum atomic E-state index is 11.6. The maximum absolute atomic E-state index is 11.6. The van der Waals surface area contributed by atoms with E-state index in [-0.39, 0.29) is 24.1 Å². The molecule has 0 saturated heterocycles. The molecule has 0 aliphatic carbocycles. The first-order valence-electron chi connectivity index (χ1n) is 10.1. The van der Waals surface area contributed by atoms with Crippen molar-refractivity contribution in [3.8, 4) is 0 Å². The normalized spacial score (nSPS) is 13.2. The molecule has 2 N–H and O–H groups in total. The molecule has 154 valence electrons. The lowest BCUT2D eigenvalue weighted by Crippen LogP contribution is -2.08. The molecule has 0 fully saturated rings. The average molecular weight is 375 g/mol. The number of unbranched alkanes of at least 4 members (excludes halogenated alkanes) is 5. The van der Waals surface area contributed by atoms with Gasteiger partial charge in [0, 0.05) is 12.8 Å². The van der Waals surface area contributed by atoms with E-state index >= 15 is 0 Å². The van der Waals surface area contributed by atoms with Gasteiger partial charge in [-0.2, -0.15) is 0 Å². The second-order valence-electron chi connectivity index (χ2n) is 7.04. The summed E-state index contributed by atoms with van der Waals surface area (Å²) in [6.07, 6.45) is 8.39.